The molecule has 4 fully saturated rings. The molecule has 2 aliphatic heterocycles. The van der Waals surface area contributed by atoms with Gasteiger partial charge in [-0.05, 0) is 121 Å². The van der Waals surface area contributed by atoms with Gasteiger partial charge in [0, 0.05) is 49.5 Å². The predicted molar refractivity (Wildman–Crippen MR) is 278 cm³/mol. The molecule has 7 atom stereocenters. The Balaban J connectivity index is 0.000000601. The van der Waals surface area contributed by atoms with Crippen molar-refractivity contribution in [2.45, 2.75) is 129 Å². The average molecular weight is 1020 g/mol. The van der Waals surface area contributed by atoms with Crippen LogP contribution in [-0.4, -0.2) is 118 Å². The van der Waals surface area contributed by atoms with Gasteiger partial charge in [-0.15, -0.1) is 0 Å². The summed E-state index contributed by atoms with van der Waals surface area (Å²) in [6, 6.07) is 14.7. The van der Waals surface area contributed by atoms with Crippen molar-refractivity contribution in [3.63, 3.8) is 0 Å². The Morgan fingerprint density at radius 2 is 1.47 bits per heavy atom. The number of nitrogens with one attached hydrogen (secondary N) is 5. The zero-order valence-electron chi connectivity index (χ0n) is 44.2. The number of piperidine rings is 1. The summed E-state index contributed by atoms with van der Waals surface area (Å²) in [6.45, 7) is 14.0. The Morgan fingerprint density at radius 3 is 2.07 bits per heavy atom. The van der Waals surface area contributed by atoms with Gasteiger partial charge in [0.1, 0.15) is 23.7 Å². The fourth-order valence-electron chi connectivity index (χ4n) is 11.3. The van der Waals surface area contributed by atoms with E-state index in [4.69, 9.17) is 14.7 Å². The smallest absolute Gasteiger partial charge is 0.407 e. The molecule has 74 heavy (non-hydrogen) atoms. The zero-order valence-corrected chi connectivity index (χ0v) is 44.2. The number of carbonyl (C=O) groups is 4. The topological polar surface area (TPSA) is 207 Å². The number of rotatable bonds is 14. The summed E-state index contributed by atoms with van der Waals surface area (Å²) < 4.78 is 42.2. The van der Waals surface area contributed by atoms with Gasteiger partial charge in [-0.25, -0.2) is 14.8 Å². The molecule has 1 spiro atoms. The van der Waals surface area contributed by atoms with Crippen LogP contribution in [0.2, 0.25) is 0 Å². The van der Waals surface area contributed by atoms with Gasteiger partial charge in [0.15, 0.2) is 0 Å². The lowest BCUT2D eigenvalue weighted by Crippen LogP contribution is -2.57. The Bertz CT molecular complexity index is 2840. The standard InChI is InChI=1S/C48H54F2N8O5.C6H13NO.C2H6O/c1-24(2)39(56-46(62)63-5)44(60)55-40(25(3)4)45(61)57-22-47(14-15-47)20-38(57)42-51-21-37(54-42)28-8-12-32-31-11-7-26(17-33(31)48(49,50)34(32)18-28)27-9-13-35-36(19-27)53-43(52-35)41-29-6-10-30(16-29)58(41)23-59;1-5(2)6(3)7-4-8;1-3-2/h7-9,11-13,17-19,21,24-25,29-30,38-41,59H,6,10,14-16,20,22-23H2,1-5H3,(H,51,54)(H,52,53)(H,55,60)(H,56,62);4-6H,1-3H3,(H,7,8);1-2H3. The van der Waals surface area contributed by atoms with Crippen molar-refractivity contribution in [1.82, 2.24) is 45.7 Å². The van der Waals surface area contributed by atoms with E-state index in [0.717, 1.165) is 60.9 Å². The summed E-state index contributed by atoms with van der Waals surface area (Å²) >= 11 is 0. The number of hydrogen-bond acceptors (Lipinski definition) is 10. The van der Waals surface area contributed by atoms with Gasteiger partial charge in [0.2, 0.25) is 18.2 Å². The molecule has 6 N–H and O–H groups in total. The van der Waals surface area contributed by atoms with Gasteiger partial charge in [0.05, 0.1) is 48.8 Å². The number of hydrogen-bond donors (Lipinski definition) is 6. The van der Waals surface area contributed by atoms with Crippen molar-refractivity contribution < 1.29 is 42.5 Å². The molecular weight excluding hydrogens is 949 g/mol. The van der Waals surface area contributed by atoms with Crippen LogP contribution < -0.4 is 16.0 Å². The molecule has 7 unspecified atom stereocenters. The zero-order chi connectivity index (χ0) is 53.4. The summed E-state index contributed by atoms with van der Waals surface area (Å²) in [5.74, 6) is -2.10. The maximum atomic E-state index is 16.6. The lowest BCUT2D eigenvalue weighted by molar-refractivity contribution is -0.139. The first-order valence-corrected chi connectivity index (χ1v) is 25.9. The minimum atomic E-state index is -3.26. The summed E-state index contributed by atoms with van der Waals surface area (Å²) in [4.78, 5) is 70.2. The molecule has 3 aromatic carbocycles. The lowest BCUT2D eigenvalue weighted by Gasteiger charge is -2.32. The highest BCUT2D eigenvalue weighted by Crippen LogP contribution is 2.59. The maximum Gasteiger partial charge on any atom is 0.407 e. The van der Waals surface area contributed by atoms with Crippen LogP contribution in [0.4, 0.5) is 13.6 Å². The second-order valence-electron chi connectivity index (χ2n) is 22.0. The number of likely N-dealkylation sites (tertiary alicyclic amines) is 2. The van der Waals surface area contributed by atoms with Crippen LogP contribution in [0.25, 0.3) is 44.5 Å². The molecule has 4 amide bonds. The summed E-state index contributed by atoms with van der Waals surface area (Å²) in [5, 5.41) is 18.3. The molecule has 4 heterocycles. The monoisotopic (exact) mass is 1020 g/mol. The van der Waals surface area contributed by atoms with E-state index in [1.54, 1.807) is 57.4 Å². The van der Waals surface area contributed by atoms with Gasteiger partial charge in [-0.1, -0.05) is 71.9 Å². The van der Waals surface area contributed by atoms with Crippen molar-refractivity contribution in [1.29, 1.82) is 0 Å². The number of aromatic nitrogens is 4. The number of imidazole rings is 2. The normalized spacial score (nSPS) is 21.9. The van der Waals surface area contributed by atoms with E-state index in [-0.39, 0.29) is 47.1 Å². The summed E-state index contributed by atoms with van der Waals surface area (Å²) in [7, 11) is 4.48. The van der Waals surface area contributed by atoms with Gasteiger partial charge in [-0.3, -0.25) is 19.3 Å². The van der Waals surface area contributed by atoms with Gasteiger partial charge >= 0.3 is 6.09 Å². The minimum Gasteiger partial charge on any atom is -0.453 e. The van der Waals surface area contributed by atoms with Crippen molar-refractivity contribution in [3.05, 3.63) is 83.6 Å². The lowest BCUT2D eigenvalue weighted by atomic mass is 9.98. The first-order chi connectivity index (χ1) is 35.3. The Kier molecular flexibility index (Phi) is 16.0. The van der Waals surface area contributed by atoms with Crippen LogP contribution in [0.3, 0.4) is 0 Å². The van der Waals surface area contributed by atoms with Crippen LogP contribution in [0, 0.1) is 29.1 Å². The summed E-state index contributed by atoms with van der Waals surface area (Å²) in [6.07, 6.45) is 7.57. The number of methoxy groups -OCH3 is 2. The largest absolute Gasteiger partial charge is 0.453 e. The SMILES string of the molecule is CC(C)C(C)NC=O.COC.COC(=O)NC(C(=O)NC(C(=O)N1CC2(CC2)CC1c1ncc(-c2ccc3c(c2)C(F)(F)c2cc(-c4ccc5nc(C6C7CCC(C7)N6CO)[nH]c5c4)ccc2-3)[nH]1)C(C)C)C(C)C. The first kappa shape index (κ1) is 54.0. The molecule has 0 radical (unpaired) electrons. The Labute approximate surface area is 432 Å². The molecule has 5 aliphatic rings. The molecule has 398 valence electrons. The van der Waals surface area contributed by atoms with Crippen molar-refractivity contribution in [2.75, 3.05) is 34.6 Å². The molecule has 2 saturated heterocycles. The fourth-order valence-corrected chi connectivity index (χ4v) is 11.3. The Morgan fingerprint density at radius 1 is 0.838 bits per heavy atom. The minimum absolute atomic E-state index is 0.00473. The van der Waals surface area contributed by atoms with E-state index in [9.17, 15) is 24.3 Å². The van der Waals surface area contributed by atoms with Crippen LogP contribution in [0.1, 0.15) is 122 Å². The van der Waals surface area contributed by atoms with E-state index in [2.05, 4.69) is 49.4 Å². The third kappa shape index (κ3) is 10.7. The predicted octanol–water partition coefficient (Wildman–Crippen LogP) is 8.83. The fraction of sp³-hybridized carbons (Fsp3) is 0.536. The van der Waals surface area contributed by atoms with Crippen LogP contribution in [-0.2, 0) is 29.8 Å². The molecule has 5 aromatic rings. The van der Waals surface area contributed by atoms with Crippen LogP contribution >= 0.6 is 0 Å². The Hall–Kier alpha value is -6.24. The second-order valence-corrected chi connectivity index (χ2v) is 22.0. The van der Waals surface area contributed by atoms with E-state index in [1.807, 2.05) is 51.1 Å². The van der Waals surface area contributed by atoms with E-state index in [0.29, 0.717) is 70.7 Å². The number of ether oxygens (including phenoxy) is 2. The van der Waals surface area contributed by atoms with Gasteiger partial charge in [-0.2, -0.15) is 8.78 Å². The summed E-state index contributed by atoms with van der Waals surface area (Å²) in [5.41, 5.74) is 5.03. The number of H-pyrrole nitrogens is 2. The van der Waals surface area contributed by atoms with Gasteiger partial charge in [0.25, 0.3) is 5.92 Å². The maximum absolute atomic E-state index is 16.6. The van der Waals surface area contributed by atoms with Crippen molar-refractivity contribution >= 4 is 35.4 Å². The number of amides is 4. The number of halogens is 2. The number of nitrogens with zero attached hydrogens (tertiary/aromatic N) is 4. The first-order valence-electron chi connectivity index (χ1n) is 25.9. The van der Waals surface area contributed by atoms with E-state index < -0.39 is 36.0 Å². The second kappa shape index (κ2) is 21.9. The number of alkyl carbamates (subject to hydrolysis) is 1. The molecule has 16 nitrogen and oxygen atoms in total. The molecule has 10 rings (SSSR count). The van der Waals surface area contributed by atoms with Crippen molar-refractivity contribution in [3.8, 4) is 33.5 Å². The molecule has 3 aliphatic carbocycles. The molecule has 2 saturated carbocycles. The molecular formula is C56H73F2N9O7. The number of fused-ring (bicyclic) bond motifs is 6. The van der Waals surface area contributed by atoms with Crippen molar-refractivity contribution in [2.24, 2.45) is 29.1 Å². The van der Waals surface area contributed by atoms with Crippen LogP contribution in [0.15, 0.2) is 60.8 Å². The van der Waals surface area contributed by atoms with E-state index in [1.165, 1.54) is 13.2 Å². The number of carbonyl (C=O) groups excluding carboxylic acids is 4. The number of aromatic amines is 2. The third-order valence-corrected chi connectivity index (χ3v) is 15.9. The third-order valence-electron chi connectivity index (χ3n) is 15.9. The van der Waals surface area contributed by atoms with Gasteiger partial charge < -0.3 is 45.4 Å². The molecule has 2 aromatic heterocycles. The number of aliphatic hydroxyl groups excluding tert-OH is 1. The number of alkyl halides is 2. The average Bonchev–Trinajstić information content (AvgIpc) is 4.04. The molecule has 18 heteroatoms. The highest BCUT2D eigenvalue weighted by atomic mass is 19.3. The molecule has 2 bridgehead atoms. The highest BCUT2D eigenvalue weighted by molar-refractivity contribution is 5.92. The number of aliphatic hydroxyl groups is 1. The highest BCUT2D eigenvalue weighted by Gasteiger charge is 2.55. The van der Waals surface area contributed by atoms with Crippen LogP contribution in [0.5, 0.6) is 0 Å². The number of benzene rings is 3. The van der Waals surface area contributed by atoms with E-state index >= 15 is 8.78 Å². The quantitative estimate of drug-likeness (QED) is 0.0583.